The van der Waals surface area contributed by atoms with Gasteiger partial charge in [0.2, 0.25) is 5.92 Å². The van der Waals surface area contributed by atoms with E-state index in [-0.39, 0.29) is 18.8 Å². The summed E-state index contributed by atoms with van der Waals surface area (Å²) in [5.41, 5.74) is 0. The predicted molar refractivity (Wildman–Crippen MR) is 32.3 cm³/mol. The molecule has 0 amide bonds. The van der Waals surface area contributed by atoms with Gasteiger partial charge in [-0.25, -0.2) is 8.78 Å². The quantitative estimate of drug-likeness (QED) is 0.476. The SMILES string of the molecule is CC1[CH]CCC(F)(F)C1. The zero-order chi connectivity index (χ0) is 6.91. The Kier molecular flexibility index (Phi) is 1.73. The van der Waals surface area contributed by atoms with Gasteiger partial charge in [0.25, 0.3) is 0 Å². The van der Waals surface area contributed by atoms with E-state index in [1.54, 1.807) is 0 Å². The van der Waals surface area contributed by atoms with E-state index in [4.69, 9.17) is 0 Å². The molecule has 53 valence electrons. The second-order valence-electron chi connectivity index (χ2n) is 2.81. The highest BCUT2D eigenvalue weighted by atomic mass is 19.3. The van der Waals surface area contributed by atoms with Crippen molar-refractivity contribution in [2.24, 2.45) is 5.92 Å². The molecule has 0 saturated heterocycles. The summed E-state index contributed by atoms with van der Waals surface area (Å²) >= 11 is 0. The Morgan fingerprint density at radius 1 is 1.56 bits per heavy atom. The Bertz CT molecular complexity index is 99.1. The van der Waals surface area contributed by atoms with Crippen LogP contribution in [0.2, 0.25) is 0 Å². The van der Waals surface area contributed by atoms with Gasteiger partial charge in [-0.3, -0.25) is 0 Å². The van der Waals surface area contributed by atoms with E-state index in [9.17, 15) is 8.78 Å². The summed E-state index contributed by atoms with van der Waals surface area (Å²) in [5.74, 6) is -2.28. The van der Waals surface area contributed by atoms with Crippen LogP contribution in [0.15, 0.2) is 0 Å². The molecule has 1 fully saturated rings. The van der Waals surface area contributed by atoms with Crippen molar-refractivity contribution in [3.63, 3.8) is 0 Å². The van der Waals surface area contributed by atoms with Gasteiger partial charge in [0.1, 0.15) is 0 Å². The fourth-order valence-electron chi connectivity index (χ4n) is 1.24. The first-order chi connectivity index (χ1) is 4.10. The molecule has 0 aromatic carbocycles. The van der Waals surface area contributed by atoms with Crippen molar-refractivity contribution in [3.8, 4) is 0 Å². The zero-order valence-electron chi connectivity index (χ0n) is 5.53. The minimum absolute atomic E-state index is 0.0486. The van der Waals surface area contributed by atoms with Crippen molar-refractivity contribution in [3.05, 3.63) is 6.42 Å². The van der Waals surface area contributed by atoms with Crippen molar-refractivity contribution in [2.75, 3.05) is 0 Å². The Hall–Kier alpha value is -0.140. The van der Waals surface area contributed by atoms with Gasteiger partial charge in [-0.2, -0.15) is 0 Å². The monoisotopic (exact) mass is 133 g/mol. The van der Waals surface area contributed by atoms with Gasteiger partial charge in [-0.15, -0.1) is 0 Å². The van der Waals surface area contributed by atoms with Crippen LogP contribution in [0.5, 0.6) is 0 Å². The van der Waals surface area contributed by atoms with Crippen molar-refractivity contribution >= 4 is 0 Å². The zero-order valence-corrected chi connectivity index (χ0v) is 5.53. The number of hydrogen-bond donors (Lipinski definition) is 0. The van der Waals surface area contributed by atoms with E-state index in [0.29, 0.717) is 6.42 Å². The molecule has 1 rings (SSSR count). The summed E-state index contributed by atoms with van der Waals surface area (Å²) in [5, 5.41) is 0. The van der Waals surface area contributed by atoms with Gasteiger partial charge in [0.05, 0.1) is 0 Å². The number of hydrogen-bond acceptors (Lipinski definition) is 0. The fraction of sp³-hybridized carbons (Fsp3) is 0.857. The second kappa shape index (κ2) is 2.24. The highest BCUT2D eigenvalue weighted by Gasteiger charge is 2.34. The molecule has 0 spiro atoms. The lowest BCUT2D eigenvalue weighted by Crippen LogP contribution is -2.24. The van der Waals surface area contributed by atoms with Crippen LogP contribution in [0.4, 0.5) is 8.78 Å². The molecule has 0 aromatic heterocycles. The Morgan fingerprint density at radius 3 is 2.56 bits per heavy atom. The third-order valence-corrected chi connectivity index (χ3v) is 1.70. The van der Waals surface area contributed by atoms with Gasteiger partial charge in [0, 0.05) is 12.8 Å². The van der Waals surface area contributed by atoms with Crippen LogP contribution in [0.3, 0.4) is 0 Å². The van der Waals surface area contributed by atoms with E-state index in [2.05, 4.69) is 0 Å². The Morgan fingerprint density at radius 2 is 2.22 bits per heavy atom. The molecule has 1 saturated carbocycles. The first kappa shape index (κ1) is 6.97. The van der Waals surface area contributed by atoms with Crippen LogP contribution in [0.1, 0.15) is 26.2 Å². The maximum atomic E-state index is 12.4. The molecule has 1 unspecified atom stereocenters. The van der Waals surface area contributed by atoms with Gasteiger partial charge in [-0.1, -0.05) is 6.92 Å². The topological polar surface area (TPSA) is 0 Å². The molecule has 1 aliphatic rings. The predicted octanol–water partition coefficient (Wildman–Crippen LogP) is 2.65. The third kappa shape index (κ3) is 1.92. The molecule has 0 bridgehead atoms. The normalized spacial score (nSPS) is 34.3. The molecule has 0 aliphatic heterocycles. The van der Waals surface area contributed by atoms with Crippen molar-refractivity contribution in [1.82, 2.24) is 0 Å². The summed E-state index contributed by atoms with van der Waals surface area (Å²) < 4.78 is 24.9. The van der Waals surface area contributed by atoms with Crippen LogP contribution in [0, 0.1) is 12.3 Å². The molecular weight excluding hydrogens is 122 g/mol. The molecule has 0 N–H and O–H groups in total. The summed E-state index contributed by atoms with van der Waals surface area (Å²) in [7, 11) is 0. The van der Waals surface area contributed by atoms with Crippen LogP contribution in [-0.2, 0) is 0 Å². The number of halogens is 2. The van der Waals surface area contributed by atoms with Gasteiger partial charge < -0.3 is 0 Å². The fourth-order valence-corrected chi connectivity index (χ4v) is 1.24. The third-order valence-electron chi connectivity index (χ3n) is 1.70. The van der Waals surface area contributed by atoms with Crippen LogP contribution in [-0.4, -0.2) is 5.92 Å². The van der Waals surface area contributed by atoms with E-state index >= 15 is 0 Å². The van der Waals surface area contributed by atoms with Crippen LogP contribution in [0.25, 0.3) is 0 Å². The molecule has 2 heteroatoms. The molecule has 1 atom stereocenters. The van der Waals surface area contributed by atoms with Crippen molar-refractivity contribution in [1.29, 1.82) is 0 Å². The van der Waals surface area contributed by atoms with E-state index in [1.807, 2.05) is 13.3 Å². The molecule has 1 aliphatic carbocycles. The van der Waals surface area contributed by atoms with Crippen molar-refractivity contribution < 1.29 is 8.78 Å². The standard InChI is InChI=1S/C7H11F2/c1-6-3-2-4-7(8,9)5-6/h3,6H,2,4-5H2,1H3. The minimum Gasteiger partial charge on any atom is -0.207 e. The van der Waals surface area contributed by atoms with E-state index in [1.165, 1.54) is 0 Å². The molecular formula is C7H11F2. The van der Waals surface area contributed by atoms with Crippen LogP contribution < -0.4 is 0 Å². The van der Waals surface area contributed by atoms with E-state index in [0.717, 1.165) is 0 Å². The average molecular weight is 133 g/mol. The van der Waals surface area contributed by atoms with Gasteiger partial charge >= 0.3 is 0 Å². The first-order valence-electron chi connectivity index (χ1n) is 3.31. The molecule has 9 heavy (non-hydrogen) atoms. The van der Waals surface area contributed by atoms with Gasteiger partial charge in [-0.05, 0) is 18.8 Å². The molecule has 0 nitrogen and oxygen atoms in total. The maximum Gasteiger partial charge on any atom is 0.248 e. The van der Waals surface area contributed by atoms with E-state index < -0.39 is 5.92 Å². The number of rotatable bonds is 0. The highest BCUT2D eigenvalue weighted by molar-refractivity contribution is 4.86. The Balaban J connectivity index is 2.41. The van der Waals surface area contributed by atoms with Gasteiger partial charge in [0.15, 0.2) is 0 Å². The largest absolute Gasteiger partial charge is 0.248 e. The van der Waals surface area contributed by atoms with Crippen LogP contribution >= 0.6 is 0 Å². The summed E-state index contributed by atoms with van der Waals surface area (Å²) in [6.07, 6.45) is 2.65. The van der Waals surface area contributed by atoms with Crippen molar-refractivity contribution in [2.45, 2.75) is 32.1 Å². The highest BCUT2D eigenvalue weighted by Crippen LogP contribution is 2.35. The molecule has 1 radical (unpaired) electrons. The summed E-state index contributed by atoms with van der Waals surface area (Å²) in [4.78, 5) is 0. The minimum atomic E-state index is -2.38. The average Bonchev–Trinajstić information content (AvgIpc) is 1.60. The second-order valence-corrected chi connectivity index (χ2v) is 2.81. The smallest absolute Gasteiger partial charge is 0.207 e. The maximum absolute atomic E-state index is 12.4. The lowest BCUT2D eigenvalue weighted by molar-refractivity contribution is -0.0381. The summed E-state index contributed by atoms with van der Waals surface area (Å²) in [6.45, 7) is 1.84. The molecule has 0 heterocycles. The lowest BCUT2D eigenvalue weighted by Gasteiger charge is -2.25. The summed E-state index contributed by atoms with van der Waals surface area (Å²) in [6, 6.07) is 0. The lowest BCUT2D eigenvalue weighted by atomic mass is 9.88. The Labute approximate surface area is 54.3 Å². The first-order valence-corrected chi connectivity index (χ1v) is 3.31. The molecule has 0 aromatic rings. The number of alkyl halides is 2.